The molecular weight excluding hydrogens is 520 g/mol. The topological polar surface area (TPSA) is 122 Å². The number of esters is 1. The lowest BCUT2D eigenvalue weighted by Gasteiger charge is -2.18. The van der Waals surface area contributed by atoms with Gasteiger partial charge in [0.1, 0.15) is 23.7 Å². The monoisotopic (exact) mass is 550 g/mol. The maximum atomic E-state index is 13.3. The number of pyridine rings is 1. The number of carboxylic acids is 1. The molecule has 0 spiro atoms. The third-order valence-corrected chi connectivity index (χ3v) is 6.78. The molecule has 5 aromatic rings. The number of rotatable bonds is 10. The number of imidazole rings is 1. The zero-order chi connectivity index (χ0) is 28.9. The van der Waals surface area contributed by atoms with E-state index in [-0.39, 0.29) is 19.6 Å². The summed E-state index contributed by atoms with van der Waals surface area (Å²) < 4.78 is 6.86. The van der Waals surface area contributed by atoms with Crippen LogP contribution in [0.3, 0.4) is 0 Å². The van der Waals surface area contributed by atoms with Crippen molar-refractivity contribution in [3.8, 4) is 11.3 Å². The molecule has 1 amide bonds. The summed E-state index contributed by atoms with van der Waals surface area (Å²) in [5, 5.41) is 17.6. The Morgan fingerprint density at radius 1 is 0.976 bits per heavy atom. The quantitative estimate of drug-likeness (QED) is 0.200. The van der Waals surface area contributed by atoms with Crippen molar-refractivity contribution < 1.29 is 24.2 Å². The van der Waals surface area contributed by atoms with Crippen LogP contribution in [0.5, 0.6) is 0 Å². The predicted octanol–water partition coefficient (Wildman–Crippen LogP) is 5.38. The van der Waals surface area contributed by atoms with Crippen LogP contribution >= 0.6 is 0 Å². The fourth-order valence-electron chi connectivity index (χ4n) is 4.73. The molecule has 0 fully saturated rings. The van der Waals surface area contributed by atoms with Crippen molar-refractivity contribution >= 4 is 40.1 Å². The highest BCUT2D eigenvalue weighted by Crippen LogP contribution is 2.31. The zero-order valence-corrected chi connectivity index (χ0v) is 22.8. The van der Waals surface area contributed by atoms with E-state index in [4.69, 9.17) is 9.72 Å². The van der Waals surface area contributed by atoms with Gasteiger partial charge in [-0.2, -0.15) is 0 Å². The minimum Gasteiger partial charge on any atom is -0.481 e. The van der Waals surface area contributed by atoms with Crippen LogP contribution in [0.1, 0.15) is 40.9 Å². The first-order valence-corrected chi connectivity index (χ1v) is 13.3. The van der Waals surface area contributed by atoms with E-state index in [1.54, 1.807) is 29.7 Å². The fraction of sp³-hybridized carbons (Fsp3) is 0.188. The number of aryl methyl sites for hydroxylation is 1. The highest BCUT2D eigenvalue weighted by Gasteiger charge is 2.21. The van der Waals surface area contributed by atoms with Crippen LogP contribution in [-0.4, -0.2) is 45.5 Å². The van der Waals surface area contributed by atoms with E-state index in [0.29, 0.717) is 28.3 Å². The van der Waals surface area contributed by atoms with E-state index in [1.165, 1.54) is 0 Å². The Kier molecular flexibility index (Phi) is 7.96. The van der Waals surface area contributed by atoms with Crippen molar-refractivity contribution in [2.24, 2.45) is 0 Å². The molecule has 0 saturated carbocycles. The third-order valence-electron chi connectivity index (χ3n) is 6.78. The SMILES string of the molecule is CCOC(=O)CNc1c(-c2ccc3ccccc3c2)nc2cc(C(=O)NC(CC(=O)O)c3ccc(C)cc3)ccn12. The van der Waals surface area contributed by atoms with Gasteiger partial charge in [0, 0.05) is 17.3 Å². The van der Waals surface area contributed by atoms with Gasteiger partial charge >= 0.3 is 11.9 Å². The maximum absolute atomic E-state index is 13.3. The van der Waals surface area contributed by atoms with E-state index in [9.17, 15) is 19.5 Å². The van der Waals surface area contributed by atoms with Crippen LogP contribution in [0.15, 0.2) is 85.1 Å². The Labute approximate surface area is 236 Å². The van der Waals surface area contributed by atoms with Gasteiger partial charge in [-0.1, -0.05) is 66.2 Å². The van der Waals surface area contributed by atoms with E-state index in [1.807, 2.05) is 73.7 Å². The van der Waals surface area contributed by atoms with Crippen LogP contribution in [-0.2, 0) is 14.3 Å². The van der Waals surface area contributed by atoms with Crippen molar-refractivity contribution in [1.82, 2.24) is 14.7 Å². The average molecular weight is 551 g/mol. The van der Waals surface area contributed by atoms with Gasteiger partial charge in [-0.05, 0) is 48.4 Å². The van der Waals surface area contributed by atoms with Gasteiger partial charge in [0.15, 0.2) is 0 Å². The molecule has 1 atom stereocenters. The Morgan fingerprint density at radius 3 is 2.46 bits per heavy atom. The molecule has 9 nitrogen and oxygen atoms in total. The van der Waals surface area contributed by atoms with Gasteiger partial charge in [0.2, 0.25) is 0 Å². The molecule has 208 valence electrons. The molecule has 3 aromatic carbocycles. The van der Waals surface area contributed by atoms with E-state index in [2.05, 4.69) is 10.6 Å². The summed E-state index contributed by atoms with van der Waals surface area (Å²) in [4.78, 5) is 41.8. The van der Waals surface area contributed by atoms with Gasteiger partial charge in [-0.3, -0.25) is 18.8 Å². The minimum absolute atomic E-state index is 0.0577. The average Bonchev–Trinajstić information content (AvgIpc) is 3.33. The lowest BCUT2D eigenvalue weighted by molar-refractivity contribution is -0.141. The van der Waals surface area contributed by atoms with Gasteiger partial charge < -0.3 is 20.5 Å². The van der Waals surface area contributed by atoms with Gasteiger partial charge in [0.25, 0.3) is 5.91 Å². The van der Waals surface area contributed by atoms with Crippen LogP contribution in [0.2, 0.25) is 0 Å². The number of nitrogens with one attached hydrogen (secondary N) is 2. The number of carbonyl (C=O) groups is 3. The number of aromatic nitrogens is 2. The number of hydrogen-bond acceptors (Lipinski definition) is 6. The van der Waals surface area contributed by atoms with Crippen molar-refractivity contribution in [1.29, 1.82) is 0 Å². The second kappa shape index (κ2) is 11.9. The molecular formula is C32H30N4O5. The van der Waals surface area contributed by atoms with E-state index in [0.717, 1.165) is 21.9 Å². The summed E-state index contributed by atoms with van der Waals surface area (Å²) in [6, 6.07) is 24.0. The largest absolute Gasteiger partial charge is 0.481 e. The molecule has 3 N–H and O–H groups in total. The number of aliphatic carboxylic acids is 1. The number of carboxylic acid groups (broad SMARTS) is 1. The normalized spacial score (nSPS) is 11.8. The molecule has 0 bridgehead atoms. The molecule has 41 heavy (non-hydrogen) atoms. The lowest BCUT2D eigenvalue weighted by atomic mass is 10.0. The molecule has 2 aromatic heterocycles. The molecule has 0 aliphatic heterocycles. The third kappa shape index (κ3) is 6.19. The van der Waals surface area contributed by atoms with Crippen LogP contribution in [0.4, 0.5) is 5.82 Å². The number of amides is 1. The lowest BCUT2D eigenvalue weighted by Crippen LogP contribution is -2.30. The van der Waals surface area contributed by atoms with Crippen LogP contribution in [0, 0.1) is 6.92 Å². The molecule has 2 heterocycles. The first kappa shape index (κ1) is 27.4. The summed E-state index contributed by atoms with van der Waals surface area (Å²) in [5.74, 6) is -1.25. The highest BCUT2D eigenvalue weighted by atomic mass is 16.5. The number of ether oxygens (including phenoxy) is 1. The van der Waals surface area contributed by atoms with Gasteiger partial charge in [0.05, 0.1) is 19.1 Å². The number of carbonyl (C=O) groups excluding carboxylic acids is 2. The van der Waals surface area contributed by atoms with Crippen LogP contribution < -0.4 is 10.6 Å². The maximum Gasteiger partial charge on any atom is 0.325 e. The van der Waals surface area contributed by atoms with Crippen molar-refractivity contribution in [3.63, 3.8) is 0 Å². The highest BCUT2D eigenvalue weighted by molar-refractivity contribution is 5.96. The fourth-order valence-corrected chi connectivity index (χ4v) is 4.73. The van der Waals surface area contributed by atoms with Gasteiger partial charge in [-0.15, -0.1) is 0 Å². The summed E-state index contributed by atoms with van der Waals surface area (Å²) >= 11 is 0. The standard InChI is InChI=1S/C32H30N4O5/c1-3-41-29(39)19-33-31-30(24-13-12-21-6-4-5-7-23(21)16-24)35-27-17-25(14-15-36(27)31)32(40)34-26(18-28(37)38)22-10-8-20(2)9-11-22/h4-17,26,33H,3,18-19H2,1-2H3,(H,34,40)(H,37,38). The molecule has 0 aliphatic rings. The number of nitrogens with zero attached hydrogens (tertiary/aromatic N) is 2. The number of benzene rings is 3. The van der Waals surface area contributed by atoms with Crippen molar-refractivity contribution in [2.45, 2.75) is 26.3 Å². The molecule has 5 rings (SSSR count). The summed E-state index contributed by atoms with van der Waals surface area (Å²) in [6.07, 6.45) is 1.45. The Balaban J connectivity index is 1.50. The summed E-state index contributed by atoms with van der Waals surface area (Å²) in [7, 11) is 0. The van der Waals surface area contributed by atoms with E-state index < -0.39 is 23.9 Å². The Bertz CT molecular complexity index is 1740. The second-order valence-corrected chi connectivity index (χ2v) is 9.71. The summed E-state index contributed by atoms with van der Waals surface area (Å²) in [6.45, 7) is 3.91. The number of fused-ring (bicyclic) bond motifs is 2. The van der Waals surface area contributed by atoms with Crippen LogP contribution in [0.25, 0.3) is 27.7 Å². The zero-order valence-electron chi connectivity index (χ0n) is 22.8. The molecule has 0 radical (unpaired) electrons. The first-order valence-electron chi connectivity index (χ1n) is 13.3. The minimum atomic E-state index is -1.02. The molecule has 9 heteroatoms. The molecule has 1 unspecified atom stereocenters. The van der Waals surface area contributed by atoms with Crippen molar-refractivity contribution in [3.05, 3.63) is 102 Å². The van der Waals surface area contributed by atoms with Gasteiger partial charge in [-0.25, -0.2) is 4.98 Å². The number of anilines is 1. The first-order chi connectivity index (χ1) is 19.8. The van der Waals surface area contributed by atoms with Crippen molar-refractivity contribution in [2.75, 3.05) is 18.5 Å². The summed E-state index contributed by atoms with van der Waals surface area (Å²) in [5.41, 5.74) is 4.00. The molecule has 0 aliphatic carbocycles. The number of hydrogen-bond donors (Lipinski definition) is 3. The predicted molar refractivity (Wildman–Crippen MR) is 157 cm³/mol. The smallest absolute Gasteiger partial charge is 0.325 e. The Morgan fingerprint density at radius 2 is 1.73 bits per heavy atom. The Hall–Kier alpha value is -5.18. The van der Waals surface area contributed by atoms with E-state index >= 15 is 0 Å². The molecule has 0 saturated heterocycles. The second-order valence-electron chi connectivity index (χ2n) is 9.71.